The van der Waals surface area contributed by atoms with Gasteiger partial charge in [0.15, 0.2) is 0 Å². The molecule has 0 aromatic rings. The van der Waals surface area contributed by atoms with Crippen molar-refractivity contribution in [2.75, 3.05) is 20.6 Å². The zero-order valence-electron chi connectivity index (χ0n) is 11.6. The first-order valence-corrected chi connectivity index (χ1v) is 6.14. The molecular formula is C12H25N3O3. The molecule has 0 aliphatic heterocycles. The fraction of sp³-hybridized carbons (Fsp3) is 0.833. The second-order valence-corrected chi connectivity index (χ2v) is 5.30. The maximum atomic E-state index is 11.7. The normalized spacial score (nSPS) is 14.6. The molecule has 0 fully saturated rings. The number of rotatable bonds is 8. The highest BCUT2D eigenvalue weighted by Crippen LogP contribution is 2.06. The van der Waals surface area contributed by atoms with Crippen LogP contribution in [-0.4, -0.2) is 54.6 Å². The number of carbonyl (C=O) groups is 2. The van der Waals surface area contributed by atoms with E-state index in [0.717, 1.165) is 6.42 Å². The first-order valence-electron chi connectivity index (χ1n) is 6.14. The van der Waals surface area contributed by atoms with E-state index >= 15 is 0 Å². The molecule has 0 saturated carbocycles. The number of aliphatic carboxylic acids is 1. The van der Waals surface area contributed by atoms with Gasteiger partial charge in [0.05, 0.1) is 12.5 Å². The summed E-state index contributed by atoms with van der Waals surface area (Å²) in [6.07, 6.45) is 0.492. The molecule has 1 amide bonds. The minimum Gasteiger partial charge on any atom is -0.481 e. The van der Waals surface area contributed by atoms with E-state index in [1.165, 1.54) is 0 Å². The van der Waals surface area contributed by atoms with Crippen molar-refractivity contribution in [3.63, 3.8) is 0 Å². The minimum absolute atomic E-state index is 0.00709. The van der Waals surface area contributed by atoms with Crippen molar-refractivity contribution in [2.24, 2.45) is 11.7 Å². The van der Waals surface area contributed by atoms with Gasteiger partial charge in [-0.05, 0) is 26.4 Å². The van der Waals surface area contributed by atoms with Crippen LogP contribution in [0.25, 0.3) is 0 Å². The predicted molar refractivity (Wildman–Crippen MR) is 70.2 cm³/mol. The van der Waals surface area contributed by atoms with Crippen LogP contribution in [0.4, 0.5) is 0 Å². The van der Waals surface area contributed by atoms with E-state index in [1.54, 1.807) is 0 Å². The molecular weight excluding hydrogens is 234 g/mol. The number of carbonyl (C=O) groups excluding carboxylic acids is 1. The maximum absolute atomic E-state index is 11.7. The van der Waals surface area contributed by atoms with Gasteiger partial charge in [0.2, 0.25) is 5.91 Å². The highest BCUT2D eigenvalue weighted by atomic mass is 16.4. The number of likely N-dealkylation sites (N-methyl/N-ethyl adjacent to an activating group) is 1. The summed E-state index contributed by atoms with van der Waals surface area (Å²) in [7, 11) is 3.85. The standard InChI is InChI=1S/C12H25N3O3/c1-8(2)5-9(7-15(3)4)14-12(18)10(13)6-11(16)17/h8-10H,5-7,13H2,1-4H3,(H,14,18)(H,16,17). The Balaban J connectivity index is 4.37. The summed E-state index contributed by atoms with van der Waals surface area (Å²) in [6.45, 7) is 4.86. The summed E-state index contributed by atoms with van der Waals surface area (Å²) < 4.78 is 0. The van der Waals surface area contributed by atoms with E-state index in [9.17, 15) is 9.59 Å². The smallest absolute Gasteiger partial charge is 0.305 e. The van der Waals surface area contributed by atoms with Gasteiger partial charge in [-0.3, -0.25) is 9.59 Å². The molecule has 0 aromatic carbocycles. The molecule has 2 unspecified atom stereocenters. The summed E-state index contributed by atoms with van der Waals surface area (Å²) in [5.74, 6) is -1.01. The molecule has 0 bridgehead atoms. The second-order valence-electron chi connectivity index (χ2n) is 5.30. The Labute approximate surface area is 109 Å². The average molecular weight is 259 g/mol. The van der Waals surface area contributed by atoms with Gasteiger partial charge in [-0.2, -0.15) is 0 Å². The largest absolute Gasteiger partial charge is 0.481 e. The molecule has 0 rings (SSSR count). The van der Waals surface area contributed by atoms with Gasteiger partial charge in [0.25, 0.3) is 0 Å². The fourth-order valence-electron chi connectivity index (χ4n) is 1.78. The highest BCUT2D eigenvalue weighted by Gasteiger charge is 2.21. The molecule has 0 aliphatic carbocycles. The van der Waals surface area contributed by atoms with Crippen LogP contribution in [0.5, 0.6) is 0 Å². The number of nitrogens with one attached hydrogen (secondary N) is 1. The van der Waals surface area contributed by atoms with Crippen LogP contribution in [-0.2, 0) is 9.59 Å². The summed E-state index contributed by atoms with van der Waals surface area (Å²) in [4.78, 5) is 24.2. The van der Waals surface area contributed by atoms with Crippen LogP contribution >= 0.6 is 0 Å². The molecule has 18 heavy (non-hydrogen) atoms. The van der Waals surface area contributed by atoms with Gasteiger partial charge < -0.3 is 21.1 Å². The van der Waals surface area contributed by atoms with Crippen molar-refractivity contribution in [1.29, 1.82) is 0 Å². The number of carboxylic acid groups (broad SMARTS) is 1. The number of hydrogen-bond donors (Lipinski definition) is 3. The summed E-state index contributed by atoms with van der Waals surface area (Å²) in [5.41, 5.74) is 5.52. The van der Waals surface area contributed by atoms with Crippen molar-refractivity contribution in [3.8, 4) is 0 Å². The van der Waals surface area contributed by atoms with Gasteiger partial charge in [0, 0.05) is 12.6 Å². The third kappa shape index (κ3) is 8.03. The third-order valence-electron chi connectivity index (χ3n) is 2.42. The lowest BCUT2D eigenvalue weighted by Crippen LogP contribution is -2.49. The van der Waals surface area contributed by atoms with E-state index in [0.29, 0.717) is 12.5 Å². The number of nitrogens with two attached hydrogens (primary N) is 1. The second kappa shape index (κ2) is 8.05. The third-order valence-corrected chi connectivity index (χ3v) is 2.42. The number of carboxylic acids is 1. The van der Waals surface area contributed by atoms with Crippen LogP contribution in [0.15, 0.2) is 0 Å². The van der Waals surface area contributed by atoms with Crippen molar-refractivity contribution in [1.82, 2.24) is 10.2 Å². The number of amides is 1. The summed E-state index contributed by atoms with van der Waals surface area (Å²) in [5, 5.41) is 11.4. The van der Waals surface area contributed by atoms with Crippen LogP contribution in [0, 0.1) is 5.92 Å². The summed E-state index contributed by atoms with van der Waals surface area (Å²) >= 11 is 0. The topological polar surface area (TPSA) is 95.7 Å². The van der Waals surface area contributed by atoms with Crippen molar-refractivity contribution in [2.45, 2.75) is 38.8 Å². The lowest BCUT2D eigenvalue weighted by atomic mass is 10.0. The molecule has 6 nitrogen and oxygen atoms in total. The Morgan fingerprint density at radius 2 is 1.89 bits per heavy atom. The van der Waals surface area contributed by atoms with E-state index in [4.69, 9.17) is 10.8 Å². The van der Waals surface area contributed by atoms with Crippen LogP contribution in [0.3, 0.4) is 0 Å². The highest BCUT2D eigenvalue weighted by molar-refractivity contribution is 5.86. The zero-order valence-corrected chi connectivity index (χ0v) is 11.6. The van der Waals surface area contributed by atoms with Gasteiger partial charge in [0.1, 0.15) is 0 Å². The Kier molecular flexibility index (Phi) is 7.54. The Hall–Kier alpha value is -1.14. The first kappa shape index (κ1) is 16.9. The minimum atomic E-state index is -1.06. The number of hydrogen-bond acceptors (Lipinski definition) is 4. The van der Waals surface area contributed by atoms with Crippen LogP contribution in [0.2, 0.25) is 0 Å². The van der Waals surface area contributed by atoms with Gasteiger partial charge in [-0.25, -0.2) is 0 Å². The lowest BCUT2D eigenvalue weighted by molar-refractivity contribution is -0.139. The Morgan fingerprint density at radius 1 is 1.33 bits per heavy atom. The average Bonchev–Trinajstić information content (AvgIpc) is 2.13. The molecule has 0 aliphatic rings. The molecule has 0 saturated heterocycles. The summed E-state index contributed by atoms with van der Waals surface area (Å²) in [6, 6.07) is -0.994. The van der Waals surface area contributed by atoms with Crippen molar-refractivity contribution in [3.05, 3.63) is 0 Å². The SMILES string of the molecule is CC(C)CC(CN(C)C)NC(=O)C(N)CC(=O)O. The predicted octanol–water partition coefficient (Wildman–Crippen LogP) is -0.119. The van der Waals surface area contributed by atoms with E-state index in [1.807, 2.05) is 19.0 Å². The van der Waals surface area contributed by atoms with Gasteiger partial charge in [-0.15, -0.1) is 0 Å². The van der Waals surface area contributed by atoms with Crippen molar-refractivity contribution < 1.29 is 14.7 Å². The number of nitrogens with zero attached hydrogens (tertiary/aromatic N) is 1. The van der Waals surface area contributed by atoms with Gasteiger partial charge >= 0.3 is 5.97 Å². The molecule has 106 valence electrons. The van der Waals surface area contributed by atoms with Crippen LogP contribution in [0.1, 0.15) is 26.7 Å². The van der Waals surface area contributed by atoms with Crippen LogP contribution < -0.4 is 11.1 Å². The molecule has 0 radical (unpaired) electrons. The van der Waals surface area contributed by atoms with E-state index in [-0.39, 0.29) is 12.5 Å². The fourth-order valence-corrected chi connectivity index (χ4v) is 1.78. The van der Waals surface area contributed by atoms with E-state index < -0.39 is 17.9 Å². The monoisotopic (exact) mass is 259 g/mol. The van der Waals surface area contributed by atoms with Gasteiger partial charge in [-0.1, -0.05) is 13.8 Å². The lowest BCUT2D eigenvalue weighted by Gasteiger charge is -2.25. The van der Waals surface area contributed by atoms with Crippen molar-refractivity contribution >= 4 is 11.9 Å². The van der Waals surface area contributed by atoms with E-state index in [2.05, 4.69) is 19.2 Å². The molecule has 6 heteroatoms. The first-order chi connectivity index (χ1) is 8.22. The molecule has 2 atom stereocenters. The Morgan fingerprint density at radius 3 is 2.28 bits per heavy atom. The molecule has 0 aromatic heterocycles. The molecule has 0 spiro atoms. The Bertz CT molecular complexity index is 270. The zero-order chi connectivity index (χ0) is 14.3. The quantitative estimate of drug-likeness (QED) is 0.565. The maximum Gasteiger partial charge on any atom is 0.305 e. The molecule has 4 N–H and O–H groups in total. The molecule has 0 heterocycles.